The summed E-state index contributed by atoms with van der Waals surface area (Å²) in [4.78, 5) is 19.3. The first-order chi connectivity index (χ1) is 14.9. The number of ether oxygens (including phenoxy) is 2. The van der Waals surface area contributed by atoms with Gasteiger partial charge in [-0.2, -0.15) is 12.6 Å². The van der Waals surface area contributed by atoms with Gasteiger partial charge in [0.1, 0.15) is 18.0 Å². The maximum Gasteiger partial charge on any atom is 0.371 e. The molecule has 2 N–H and O–H groups in total. The van der Waals surface area contributed by atoms with Gasteiger partial charge >= 0.3 is 5.97 Å². The minimum atomic E-state index is -1.30. The summed E-state index contributed by atoms with van der Waals surface area (Å²) in [7, 11) is 1.42. The van der Waals surface area contributed by atoms with E-state index in [9.17, 15) is 9.18 Å². The Kier molecular flexibility index (Phi) is 10.6. The summed E-state index contributed by atoms with van der Waals surface area (Å²) in [5.74, 6) is -1.52. The molecule has 0 unspecified atom stereocenters. The van der Waals surface area contributed by atoms with Crippen molar-refractivity contribution in [1.82, 2.24) is 9.97 Å². The Hall–Kier alpha value is -3.04. The van der Waals surface area contributed by atoms with Crippen LogP contribution in [0.1, 0.15) is 13.8 Å². The molecule has 1 heterocycles. The number of anilines is 2. The van der Waals surface area contributed by atoms with Crippen molar-refractivity contribution in [3.05, 3.63) is 59.8 Å². The van der Waals surface area contributed by atoms with E-state index in [4.69, 9.17) is 26.2 Å². The number of aromatic nitrogens is 2. The number of benzene rings is 2. The molecule has 31 heavy (non-hydrogen) atoms. The molecule has 7 nitrogen and oxygen atoms in total. The number of rotatable bonds is 6. The fourth-order valence-corrected chi connectivity index (χ4v) is 2.47. The molecule has 0 atom stereocenters. The van der Waals surface area contributed by atoms with Crippen LogP contribution in [0.5, 0.6) is 11.5 Å². The number of nitrogens with zero attached hydrogens (tertiary/aromatic N) is 2. The van der Waals surface area contributed by atoms with Gasteiger partial charge in [-0.15, -0.1) is 0 Å². The van der Waals surface area contributed by atoms with Gasteiger partial charge in [-0.05, 0) is 37.1 Å². The summed E-state index contributed by atoms with van der Waals surface area (Å²) in [6, 6.07) is 7.24. The fourth-order valence-electron chi connectivity index (χ4n) is 2.29. The number of aliphatic carboxylic acids is 1. The molecule has 0 aliphatic rings. The van der Waals surface area contributed by atoms with E-state index in [1.807, 2.05) is 13.8 Å². The van der Waals surface area contributed by atoms with Crippen molar-refractivity contribution in [2.24, 2.45) is 0 Å². The van der Waals surface area contributed by atoms with E-state index in [-0.39, 0.29) is 16.5 Å². The van der Waals surface area contributed by atoms with Crippen molar-refractivity contribution in [2.45, 2.75) is 13.8 Å². The zero-order valence-electron chi connectivity index (χ0n) is 17.4. The number of halogens is 2. The number of carboxylic acids is 1. The standard InChI is InChI=1S/C18H13ClFN3O4.C2H6.CH4S/c1-9(18(24)25)27-16-6-11-14(7-15(16)26-2)21-8-22-17(11)23-10-3-4-13(20)12(19)5-10;2*1-2/h3-8H,1H2,2H3,(H,24,25)(H,21,22,23);1-2H3;2H,1H3. The normalized spacial score (nSPS) is 9.52. The Labute approximate surface area is 190 Å². The van der Waals surface area contributed by atoms with Crippen molar-refractivity contribution < 1.29 is 23.8 Å². The van der Waals surface area contributed by atoms with Crippen molar-refractivity contribution in [3.63, 3.8) is 0 Å². The largest absolute Gasteiger partial charge is 0.493 e. The second kappa shape index (κ2) is 12.6. The molecule has 1 aromatic heterocycles. The predicted octanol–water partition coefficient (Wildman–Crippen LogP) is 5.72. The maximum absolute atomic E-state index is 13.3. The first-order valence-corrected chi connectivity index (χ1v) is 10.3. The third-order valence-electron chi connectivity index (χ3n) is 3.57. The van der Waals surface area contributed by atoms with Gasteiger partial charge in [-0.1, -0.05) is 25.4 Å². The molecule has 0 aliphatic carbocycles. The van der Waals surface area contributed by atoms with Crippen LogP contribution in [0.4, 0.5) is 15.9 Å². The lowest BCUT2D eigenvalue weighted by Gasteiger charge is -2.13. The third kappa shape index (κ3) is 6.73. The number of hydrogen-bond donors (Lipinski definition) is 3. The summed E-state index contributed by atoms with van der Waals surface area (Å²) < 4.78 is 23.8. The van der Waals surface area contributed by atoms with Crippen LogP contribution in [0.25, 0.3) is 10.9 Å². The first-order valence-electron chi connectivity index (χ1n) is 8.98. The number of nitrogens with one attached hydrogen (secondary N) is 1. The second-order valence-electron chi connectivity index (χ2n) is 5.33. The van der Waals surface area contributed by atoms with E-state index in [0.717, 1.165) is 0 Å². The van der Waals surface area contributed by atoms with Crippen molar-refractivity contribution in [2.75, 3.05) is 18.7 Å². The number of fused-ring (bicyclic) bond motifs is 1. The third-order valence-corrected chi connectivity index (χ3v) is 3.86. The van der Waals surface area contributed by atoms with Gasteiger partial charge in [-0.25, -0.2) is 19.2 Å². The van der Waals surface area contributed by atoms with Crippen molar-refractivity contribution in [1.29, 1.82) is 0 Å². The molecule has 0 bridgehead atoms. The number of hydrogen-bond acceptors (Lipinski definition) is 7. The molecule has 0 amide bonds. The van der Waals surface area contributed by atoms with E-state index in [1.54, 1.807) is 12.3 Å². The van der Waals surface area contributed by atoms with Crippen LogP contribution in [0.2, 0.25) is 5.02 Å². The maximum atomic E-state index is 13.3. The quantitative estimate of drug-likeness (QED) is 0.242. The molecule has 0 radical (unpaired) electrons. The van der Waals surface area contributed by atoms with Gasteiger partial charge in [-0.3, -0.25) is 0 Å². The predicted molar refractivity (Wildman–Crippen MR) is 124 cm³/mol. The molecule has 3 aromatic rings. The lowest BCUT2D eigenvalue weighted by molar-refractivity contribution is -0.135. The molecule has 0 spiro atoms. The zero-order chi connectivity index (χ0) is 23.6. The first kappa shape index (κ1) is 26.0. The summed E-state index contributed by atoms with van der Waals surface area (Å²) in [6.07, 6.45) is 3.03. The van der Waals surface area contributed by atoms with E-state index in [0.29, 0.717) is 22.4 Å². The number of thiol groups is 1. The Morgan fingerprint density at radius 1 is 1.19 bits per heavy atom. The Morgan fingerprint density at radius 2 is 1.87 bits per heavy atom. The fraction of sp³-hybridized carbons (Fsp3) is 0.190. The van der Waals surface area contributed by atoms with Crippen LogP contribution in [0.3, 0.4) is 0 Å². The highest BCUT2D eigenvalue weighted by Crippen LogP contribution is 2.35. The van der Waals surface area contributed by atoms with Crippen molar-refractivity contribution >= 4 is 52.6 Å². The molecular weight excluding hydrogens is 445 g/mol. The lowest BCUT2D eigenvalue weighted by atomic mass is 10.2. The lowest BCUT2D eigenvalue weighted by Crippen LogP contribution is -2.07. The van der Waals surface area contributed by atoms with Gasteiger partial charge in [0, 0.05) is 17.1 Å². The molecular formula is C21H23ClFN3O4S. The monoisotopic (exact) mass is 467 g/mol. The van der Waals surface area contributed by atoms with E-state index in [2.05, 4.69) is 34.5 Å². The average Bonchev–Trinajstić information content (AvgIpc) is 2.79. The summed E-state index contributed by atoms with van der Waals surface area (Å²) in [6.45, 7) is 7.34. The van der Waals surface area contributed by atoms with Gasteiger partial charge in [0.15, 0.2) is 11.5 Å². The zero-order valence-corrected chi connectivity index (χ0v) is 19.1. The number of methoxy groups -OCH3 is 1. The number of carboxylic acid groups (broad SMARTS) is 1. The molecule has 3 rings (SSSR count). The van der Waals surface area contributed by atoms with Crippen LogP contribution >= 0.6 is 24.2 Å². The van der Waals surface area contributed by atoms with E-state index in [1.165, 1.54) is 37.7 Å². The molecule has 10 heteroatoms. The minimum Gasteiger partial charge on any atom is -0.493 e. The van der Waals surface area contributed by atoms with Gasteiger partial charge in [0.2, 0.25) is 5.76 Å². The molecule has 2 aromatic carbocycles. The number of carbonyl (C=O) groups is 1. The van der Waals surface area contributed by atoms with Crippen LogP contribution in [0, 0.1) is 5.82 Å². The Balaban J connectivity index is 0.00000113. The smallest absolute Gasteiger partial charge is 0.371 e. The van der Waals surface area contributed by atoms with Crippen molar-refractivity contribution in [3.8, 4) is 11.5 Å². The summed E-state index contributed by atoms with van der Waals surface area (Å²) in [5, 5.41) is 12.5. The van der Waals surface area contributed by atoms with Crippen LogP contribution in [-0.4, -0.2) is 34.4 Å². The summed E-state index contributed by atoms with van der Waals surface area (Å²) in [5.41, 5.74) is 1.03. The van der Waals surface area contributed by atoms with Gasteiger partial charge in [0.05, 0.1) is 17.6 Å². The molecule has 166 valence electrons. The molecule has 0 aliphatic heterocycles. The summed E-state index contributed by atoms with van der Waals surface area (Å²) >= 11 is 9.33. The minimum absolute atomic E-state index is 0.0400. The van der Waals surface area contributed by atoms with Crippen LogP contribution < -0.4 is 14.8 Å². The molecule has 0 fully saturated rings. The van der Waals surface area contributed by atoms with E-state index < -0.39 is 17.5 Å². The van der Waals surface area contributed by atoms with Crippen LogP contribution in [-0.2, 0) is 4.79 Å². The highest BCUT2D eigenvalue weighted by atomic mass is 35.5. The average molecular weight is 468 g/mol. The Bertz CT molecular complexity index is 1070. The molecule has 0 saturated carbocycles. The Morgan fingerprint density at radius 3 is 2.45 bits per heavy atom. The molecule has 0 saturated heterocycles. The van der Waals surface area contributed by atoms with Gasteiger partial charge in [0.25, 0.3) is 0 Å². The van der Waals surface area contributed by atoms with Crippen LogP contribution in [0.15, 0.2) is 49.0 Å². The second-order valence-corrected chi connectivity index (χ2v) is 5.73. The highest BCUT2D eigenvalue weighted by molar-refractivity contribution is 7.79. The topological polar surface area (TPSA) is 93.6 Å². The SMILES string of the molecule is C=C(Oc1cc2c(Nc3ccc(F)c(Cl)c3)ncnc2cc1OC)C(=O)O.CC.CS. The van der Waals surface area contributed by atoms with E-state index >= 15 is 0 Å². The van der Waals surface area contributed by atoms with Gasteiger partial charge < -0.3 is 19.9 Å². The highest BCUT2D eigenvalue weighted by Gasteiger charge is 2.15.